The average Bonchev–Trinajstić information content (AvgIpc) is 2.09. The Morgan fingerprint density at radius 2 is 2.08 bits per heavy atom. The molecule has 1 aromatic rings. The fraction of sp³-hybridized carbons (Fsp3) is 0.500. The van der Waals surface area contributed by atoms with E-state index in [9.17, 15) is 5.11 Å². The highest BCUT2D eigenvalue weighted by Crippen LogP contribution is 2.30. The second-order valence-electron chi connectivity index (χ2n) is 3.34. The first kappa shape index (κ1) is 9.84. The Morgan fingerprint density at radius 3 is 2.54 bits per heavy atom. The molecule has 0 aromatic carbocycles. The molecule has 0 amide bonds. The van der Waals surface area contributed by atoms with Gasteiger partial charge in [0.2, 0.25) is 0 Å². The number of hydrogen-bond acceptors (Lipinski definition) is 3. The number of hydrogen-bond donors (Lipinski definition) is 1. The third kappa shape index (κ3) is 1.91. The lowest BCUT2D eigenvalue weighted by Crippen LogP contribution is -1.97. The summed E-state index contributed by atoms with van der Waals surface area (Å²) in [5.74, 6) is 0.969. The van der Waals surface area contributed by atoms with Gasteiger partial charge in [-0.05, 0) is 12.8 Å². The van der Waals surface area contributed by atoms with E-state index in [0.29, 0.717) is 17.4 Å². The van der Waals surface area contributed by atoms with Crippen LogP contribution in [0.5, 0.6) is 11.5 Å². The highest BCUT2D eigenvalue weighted by molar-refractivity contribution is 5.43. The second-order valence-corrected chi connectivity index (χ2v) is 3.34. The molecule has 0 aliphatic rings. The van der Waals surface area contributed by atoms with Gasteiger partial charge in [0.05, 0.1) is 12.8 Å². The normalized spacial score (nSPS) is 10.5. The van der Waals surface area contributed by atoms with Crippen LogP contribution in [-0.4, -0.2) is 17.2 Å². The first-order chi connectivity index (χ1) is 6.06. The molecular formula is C10H15NO2. The van der Waals surface area contributed by atoms with Crippen molar-refractivity contribution in [3.8, 4) is 11.5 Å². The number of pyridine rings is 1. The Bertz CT molecular complexity index is 308. The smallest absolute Gasteiger partial charge is 0.179 e. The number of aromatic nitrogens is 1. The Hall–Kier alpha value is -1.25. The first-order valence-corrected chi connectivity index (χ1v) is 4.30. The zero-order valence-corrected chi connectivity index (χ0v) is 8.46. The van der Waals surface area contributed by atoms with Crippen molar-refractivity contribution < 1.29 is 9.84 Å². The number of methoxy groups -OCH3 is 1. The van der Waals surface area contributed by atoms with E-state index in [-0.39, 0.29) is 5.75 Å². The van der Waals surface area contributed by atoms with Crippen LogP contribution < -0.4 is 4.74 Å². The van der Waals surface area contributed by atoms with Crippen LogP contribution in [-0.2, 0) is 0 Å². The minimum absolute atomic E-state index is 0.131. The number of aromatic hydroxyl groups is 1. The zero-order valence-electron chi connectivity index (χ0n) is 8.46. The minimum atomic E-state index is 0.131. The van der Waals surface area contributed by atoms with E-state index >= 15 is 0 Å². The van der Waals surface area contributed by atoms with E-state index in [4.69, 9.17) is 4.74 Å². The number of nitrogens with zero attached hydrogens (tertiary/aromatic N) is 1. The third-order valence-corrected chi connectivity index (χ3v) is 1.96. The molecule has 3 heteroatoms. The Kier molecular flexibility index (Phi) is 2.76. The molecule has 0 saturated heterocycles. The van der Waals surface area contributed by atoms with Crippen molar-refractivity contribution in [2.45, 2.75) is 26.7 Å². The van der Waals surface area contributed by atoms with Gasteiger partial charge in [0, 0.05) is 11.8 Å². The number of rotatable bonds is 2. The summed E-state index contributed by atoms with van der Waals surface area (Å²) in [4.78, 5) is 4.25. The van der Waals surface area contributed by atoms with E-state index < -0.39 is 0 Å². The maximum Gasteiger partial charge on any atom is 0.179 e. The quantitative estimate of drug-likeness (QED) is 0.760. The van der Waals surface area contributed by atoms with Gasteiger partial charge in [-0.2, -0.15) is 0 Å². The third-order valence-electron chi connectivity index (χ3n) is 1.96. The molecule has 0 unspecified atom stereocenters. The molecule has 1 heterocycles. The van der Waals surface area contributed by atoms with E-state index in [1.54, 1.807) is 20.1 Å². The molecule has 3 nitrogen and oxygen atoms in total. The summed E-state index contributed by atoms with van der Waals surface area (Å²) in [6.45, 7) is 5.88. The monoisotopic (exact) mass is 181 g/mol. The molecule has 1 aromatic heterocycles. The van der Waals surface area contributed by atoms with E-state index in [1.165, 1.54) is 0 Å². The highest BCUT2D eigenvalue weighted by atomic mass is 16.5. The summed E-state index contributed by atoms with van der Waals surface area (Å²) in [6.07, 6.45) is 0. The zero-order chi connectivity index (χ0) is 10.0. The van der Waals surface area contributed by atoms with Gasteiger partial charge < -0.3 is 9.84 Å². The van der Waals surface area contributed by atoms with Crippen molar-refractivity contribution in [1.29, 1.82) is 0 Å². The molecule has 1 rings (SSSR count). The topological polar surface area (TPSA) is 42.4 Å². The molecule has 0 fully saturated rings. The van der Waals surface area contributed by atoms with Crippen LogP contribution in [0.25, 0.3) is 0 Å². The molecule has 1 N–H and O–H groups in total. The maximum atomic E-state index is 9.52. The molecule has 0 aliphatic heterocycles. The van der Waals surface area contributed by atoms with Crippen LogP contribution in [0.2, 0.25) is 0 Å². The summed E-state index contributed by atoms with van der Waals surface area (Å²) in [6, 6.07) is 1.77. The van der Waals surface area contributed by atoms with Crippen molar-refractivity contribution >= 4 is 0 Å². The van der Waals surface area contributed by atoms with Crippen molar-refractivity contribution in [3.05, 3.63) is 17.5 Å². The lowest BCUT2D eigenvalue weighted by Gasteiger charge is -2.10. The summed E-state index contributed by atoms with van der Waals surface area (Å²) >= 11 is 0. The van der Waals surface area contributed by atoms with Crippen LogP contribution in [0.4, 0.5) is 0 Å². The van der Waals surface area contributed by atoms with Gasteiger partial charge in [-0.15, -0.1) is 0 Å². The Balaban J connectivity index is 3.22. The van der Waals surface area contributed by atoms with Crippen LogP contribution in [0.1, 0.15) is 31.2 Å². The molecule has 13 heavy (non-hydrogen) atoms. The molecule has 0 radical (unpaired) electrons. The summed E-state index contributed by atoms with van der Waals surface area (Å²) in [7, 11) is 1.54. The van der Waals surface area contributed by atoms with Crippen molar-refractivity contribution in [2.24, 2.45) is 0 Å². The minimum Gasteiger partial charge on any atom is -0.503 e. The molecular weight excluding hydrogens is 166 g/mol. The lowest BCUT2D eigenvalue weighted by atomic mass is 10.1. The molecule has 72 valence electrons. The standard InChI is InChI=1S/C10H15NO2/c1-6(2)8-5-9(13-4)10(12)7(3)11-8/h5-6,12H,1-4H3. The van der Waals surface area contributed by atoms with E-state index in [2.05, 4.69) is 18.8 Å². The average molecular weight is 181 g/mol. The predicted molar refractivity (Wildman–Crippen MR) is 51.3 cm³/mol. The van der Waals surface area contributed by atoms with Crippen molar-refractivity contribution in [1.82, 2.24) is 4.98 Å². The SMILES string of the molecule is COc1cc(C(C)C)nc(C)c1O. The summed E-state index contributed by atoms with van der Waals surface area (Å²) in [5.41, 5.74) is 1.55. The van der Waals surface area contributed by atoms with Crippen LogP contribution in [0.3, 0.4) is 0 Å². The largest absolute Gasteiger partial charge is 0.503 e. The molecule has 0 saturated carbocycles. The lowest BCUT2D eigenvalue weighted by molar-refractivity contribution is 0.368. The van der Waals surface area contributed by atoms with Crippen LogP contribution >= 0.6 is 0 Å². The van der Waals surface area contributed by atoms with Gasteiger partial charge in [-0.25, -0.2) is 0 Å². The molecule has 0 bridgehead atoms. The molecule has 0 atom stereocenters. The fourth-order valence-electron chi connectivity index (χ4n) is 1.11. The number of ether oxygens (including phenoxy) is 1. The molecule has 0 aliphatic carbocycles. The predicted octanol–water partition coefficient (Wildman–Crippen LogP) is 2.23. The number of aryl methyl sites for hydroxylation is 1. The molecule has 0 spiro atoms. The van der Waals surface area contributed by atoms with Crippen molar-refractivity contribution in [2.75, 3.05) is 7.11 Å². The van der Waals surface area contributed by atoms with Crippen LogP contribution in [0, 0.1) is 6.92 Å². The van der Waals surface area contributed by atoms with Gasteiger partial charge >= 0.3 is 0 Å². The summed E-state index contributed by atoms with van der Waals surface area (Å²) in [5, 5.41) is 9.52. The van der Waals surface area contributed by atoms with Gasteiger partial charge in [0.15, 0.2) is 11.5 Å². The van der Waals surface area contributed by atoms with E-state index in [1.807, 2.05) is 0 Å². The first-order valence-electron chi connectivity index (χ1n) is 4.30. The summed E-state index contributed by atoms with van der Waals surface area (Å²) < 4.78 is 5.03. The highest BCUT2D eigenvalue weighted by Gasteiger charge is 2.10. The fourth-order valence-corrected chi connectivity index (χ4v) is 1.11. The van der Waals surface area contributed by atoms with Crippen LogP contribution in [0.15, 0.2) is 6.07 Å². The Labute approximate surface area is 78.4 Å². The van der Waals surface area contributed by atoms with Gasteiger partial charge in [-0.3, -0.25) is 4.98 Å². The van der Waals surface area contributed by atoms with Gasteiger partial charge in [0.1, 0.15) is 0 Å². The van der Waals surface area contributed by atoms with Gasteiger partial charge in [-0.1, -0.05) is 13.8 Å². The van der Waals surface area contributed by atoms with Gasteiger partial charge in [0.25, 0.3) is 0 Å². The maximum absolute atomic E-state index is 9.52. The van der Waals surface area contributed by atoms with Crippen molar-refractivity contribution in [3.63, 3.8) is 0 Å². The second kappa shape index (κ2) is 3.64. The van der Waals surface area contributed by atoms with E-state index in [0.717, 1.165) is 5.69 Å². The Morgan fingerprint density at radius 1 is 1.46 bits per heavy atom.